The molecular weight excluding hydrogens is 278 g/mol. The number of benzene rings is 1. The number of ether oxygens (including phenoxy) is 2. The van der Waals surface area contributed by atoms with Crippen molar-refractivity contribution < 1.29 is 14.3 Å². The van der Waals surface area contributed by atoms with Crippen molar-refractivity contribution in [3.05, 3.63) is 48.1 Å². The van der Waals surface area contributed by atoms with Crippen molar-refractivity contribution in [2.24, 2.45) is 5.92 Å². The third-order valence-electron chi connectivity index (χ3n) is 4.46. The molecule has 3 rings (SSSR count). The standard InChI is InChI=1S/C18H21NO3/c1-11(2)15-16(17-12(3)9-10-22-17)19(18(15)20)13-5-7-14(21-4)8-6-13/h5-9,15-17H,1,10H2,2-4H3/t15-,16-,17+/m0/s1. The van der Waals surface area contributed by atoms with Crippen LogP contribution < -0.4 is 9.64 Å². The molecule has 4 nitrogen and oxygen atoms in total. The van der Waals surface area contributed by atoms with E-state index in [4.69, 9.17) is 9.47 Å². The molecular formula is C18H21NO3. The van der Waals surface area contributed by atoms with E-state index < -0.39 is 0 Å². The van der Waals surface area contributed by atoms with Gasteiger partial charge < -0.3 is 14.4 Å². The molecule has 0 N–H and O–H groups in total. The quantitative estimate of drug-likeness (QED) is 0.634. The Hall–Kier alpha value is -2.07. The van der Waals surface area contributed by atoms with Crippen molar-refractivity contribution in [1.29, 1.82) is 0 Å². The minimum atomic E-state index is -0.173. The topological polar surface area (TPSA) is 38.8 Å². The maximum Gasteiger partial charge on any atom is 0.236 e. The van der Waals surface area contributed by atoms with E-state index in [9.17, 15) is 4.79 Å². The fourth-order valence-corrected chi connectivity index (χ4v) is 3.26. The van der Waals surface area contributed by atoms with Crippen LogP contribution in [0.15, 0.2) is 48.1 Å². The van der Waals surface area contributed by atoms with E-state index in [1.165, 1.54) is 5.57 Å². The second kappa shape index (κ2) is 5.61. The van der Waals surface area contributed by atoms with Gasteiger partial charge in [0.25, 0.3) is 0 Å². The Morgan fingerprint density at radius 2 is 2.05 bits per heavy atom. The van der Waals surface area contributed by atoms with Crippen LogP contribution in [0, 0.1) is 5.92 Å². The van der Waals surface area contributed by atoms with Gasteiger partial charge in [0.15, 0.2) is 0 Å². The summed E-state index contributed by atoms with van der Waals surface area (Å²) in [4.78, 5) is 14.4. The molecule has 22 heavy (non-hydrogen) atoms. The molecule has 1 amide bonds. The Bertz CT molecular complexity index is 632. The molecule has 2 aliphatic heterocycles. The van der Waals surface area contributed by atoms with Gasteiger partial charge in [-0.3, -0.25) is 4.79 Å². The van der Waals surface area contributed by atoms with Crippen LogP contribution in [-0.4, -0.2) is 31.8 Å². The van der Waals surface area contributed by atoms with Crippen molar-refractivity contribution in [3.8, 4) is 5.75 Å². The first-order valence-electron chi connectivity index (χ1n) is 7.45. The molecule has 0 radical (unpaired) electrons. The van der Waals surface area contributed by atoms with Gasteiger partial charge in [-0.05, 0) is 43.7 Å². The molecule has 2 heterocycles. The van der Waals surface area contributed by atoms with E-state index >= 15 is 0 Å². The van der Waals surface area contributed by atoms with E-state index in [-0.39, 0.29) is 24.0 Å². The lowest BCUT2D eigenvalue weighted by atomic mass is 9.77. The van der Waals surface area contributed by atoms with Gasteiger partial charge in [0.2, 0.25) is 5.91 Å². The van der Waals surface area contributed by atoms with Crippen LogP contribution in [0.2, 0.25) is 0 Å². The number of rotatable bonds is 4. The molecule has 0 saturated carbocycles. The van der Waals surface area contributed by atoms with Crippen molar-refractivity contribution in [2.75, 3.05) is 18.6 Å². The zero-order valence-electron chi connectivity index (χ0n) is 13.2. The number of β-lactam (4-membered cyclic amide) rings is 1. The van der Waals surface area contributed by atoms with Gasteiger partial charge in [-0.15, -0.1) is 0 Å². The van der Waals surface area contributed by atoms with E-state index in [2.05, 4.69) is 19.6 Å². The number of carbonyl (C=O) groups excluding carboxylic acids is 1. The normalized spacial score (nSPS) is 27.4. The van der Waals surface area contributed by atoms with Crippen molar-refractivity contribution >= 4 is 11.6 Å². The molecule has 1 saturated heterocycles. The average molecular weight is 299 g/mol. The van der Waals surface area contributed by atoms with Crippen molar-refractivity contribution in [1.82, 2.24) is 0 Å². The van der Waals surface area contributed by atoms with E-state index in [1.54, 1.807) is 7.11 Å². The van der Waals surface area contributed by atoms with Crippen LogP contribution in [0.5, 0.6) is 5.75 Å². The molecule has 1 fully saturated rings. The summed E-state index contributed by atoms with van der Waals surface area (Å²) in [5.41, 5.74) is 2.95. The number of methoxy groups -OCH3 is 1. The Labute approximate surface area is 131 Å². The third-order valence-corrected chi connectivity index (χ3v) is 4.46. The maximum absolute atomic E-state index is 12.6. The summed E-state index contributed by atoms with van der Waals surface area (Å²) in [6.07, 6.45) is 2.02. The molecule has 1 aromatic carbocycles. The van der Waals surface area contributed by atoms with Gasteiger partial charge in [-0.1, -0.05) is 18.2 Å². The number of amides is 1. The number of nitrogens with zero attached hydrogens (tertiary/aromatic N) is 1. The molecule has 0 unspecified atom stereocenters. The first kappa shape index (κ1) is 14.9. The Balaban J connectivity index is 1.92. The summed E-state index contributed by atoms with van der Waals surface area (Å²) >= 11 is 0. The summed E-state index contributed by atoms with van der Waals surface area (Å²) in [5.74, 6) is 0.692. The van der Waals surface area contributed by atoms with Gasteiger partial charge in [-0.2, -0.15) is 0 Å². The summed E-state index contributed by atoms with van der Waals surface area (Å²) in [7, 11) is 1.63. The molecule has 0 bridgehead atoms. The van der Waals surface area contributed by atoms with E-state index in [0.29, 0.717) is 6.61 Å². The molecule has 0 aliphatic carbocycles. The van der Waals surface area contributed by atoms with Crippen LogP contribution in [0.25, 0.3) is 0 Å². The van der Waals surface area contributed by atoms with Gasteiger partial charge in [0.1, 0.15) is 11.9 Å². The van der Waals surface area contributed by atoms with E-state index in [0.717, 1.165) is 17.0 Å². The zero-order chi connectivity index (χ0) is 15.9. The lowest BCUT2D eigenvalue weighted by Crippen LogP contribution is -2.66. The monoisotopic (exact) mass is 299 g/mol. The summed E-state index contributed by atoms with van der Waals surface area (Å²) < 4.78 is 11.0. The highest BCUT2D eigenvalue weighted by Crippen LogP contribution is 2.41. The fraction of sp³-hybridized carbons (Fsp3) is 0.389. The highest BCUT2D eigenvalue weighted by atomic mass is 16.5. The maximum atomic E-state index is 12.6. The number of carbonyl (C=O) groups is 1. The number of hydrogen-bond acceptors (Lipinski definition) is 3. The predicted octanol–water partition coefficient (Wildman–Crippen LogP) is 2.95. The molecule has 4 heteroatoms. The Morgan fingerprint density at radius 3 is 2.55 bits per heavy atom. The molecule has 1 aromatic rings. The predicted molar refractivity (Wildman–Crippen MR) is 86.1 cm³/mol. The highest BCUT2D eigenvalue weighted by molar-refractivity contribution is 6.05. The first-order valence-corrected chi connectivity index (χ1v) is 7.45. The number of hydrogen-bond donors (Lipinski definition) is 0. The highest BCUT2D eigenvalue weighted by Gasteiger charge is 2.53. The van der Waals surface area contributed by atoms with Gasteiger partial charge >= 0.3 is 0 Å². The van der Waals surface area contributed by atoms with Gasteiger partial charge in [-0.25, -0.2) is 0 Å². The second-order valence-electron chi connectivity index (χ2n) is 5.92. The Kier molecular flexibility index (Phi) is 3.79. The lowest BCUT2D eigenvalue weighted by Gasteiger charge is -2.50. The molecule has 2 aliphatic rings. The zero-order valence-corrected chi connectivity index (χ0v) is 13.2. The van der Waals surface area contributed by atoms with Gasteiger partial charge in [0, 0.05) is 5.69 Å². The summed E-state index contributed by atoms with van der Waals surface area (Å²) in [5, 5.41) is 0. The second-order valence-corrected chi connectivity index (χ2v) is 5.92. The number of anilines is 1. The Morgan fingerprint density at radius 1 is 1.36 bits per heavy atom. The minimum absolute atomic E-state index is 0.0165. The molecule has 0 spiro atoms. The van der Waals surface area contributed by atoms with Crippen LogP contribution in [-0.2, 0) is 9.53 Å². The van der Waals surface area contributed by atoms with E-state index in [1.807, 2.05) is 36.1 Å². The third kappa shape index (κ3) is 2.24. The van der Waals surface area contributed by atoms with Crippen molar-refractivity contribution in [3.63, 3.8) is 0 Å². The minimum Gasteiger partial charge on any atom is -0.497 e. The smallest absolute Gasteiger partial charge is 0.236 e. The fourth-order valence-electron chi connectivity index (χ4n) is 3.26. The van der Waals surface area contributed by atoms with Crippen LogP contribution in [0.3, 0.4) is 0 Å². The van der Waals surface area contributed by atoms with Gasteiger partial charge in [0.05, 0.1) is 25.7 Å². The van der Waals surface area contributed by atoms with Crippen molar-refractivity contribution in [2.45, 2.75) is 26.0 Å². The first-order chi connectivity index (χ1) is 10.5. The lowest BCUT2D eigenvalue weighted by molar-refractivity contribution is -0.131. The molecule has 116 valence electrons. The SMILES string of the molecule is C=C(C)[C@@H]1C(=O)N(c2ccc(OC)cc2)[C@@H]1[C@@H]1OCC=C1C. The molecule has 0 aromatic heterocycles. The van der Waals surface area contributed by atoms with Crippen LogP contribution in [0.1, 0.15) is 13.8 Å². The molecule has 3 atom stereocenters. The summed E-state index contributed by atoms with van der Waals surface area (Å²) in [6.45, 7) is 8.57. The summed E-state index contributed by atoms with van der Waals surface area (Å²) in [6, 6.07) is 7.54. The average Bonchev–Trinajstić information content (AvgIpc) is 2.90. The largest absolute Gasteiger partial charge is 0.497 e. The van der Waals surface area contributed by atoms with Crippen LogP contribution >= 0.6 is 0 Å². The van der Waals surface area contributed by atoms with Crippen LogP contribution in [0.4, 0.5) is 5.69 Å².